The number of hydrogen-bond donors (Lipinski definition) is 2. The minimum atomic E-state index is -3.79. The fourth-order valence-electron chi connectivity index (χ4n) is 3.34. The molecule has 9 nitrogen and oxygen atoms in total. The smallest absolute Gasteiger partial charge is 0.240 e. The summed E-state index contributed by atoms with van der Waals surface area (Å²) in [7, 11) is -0.912. The number of amides is 2. The molecule has 1 fully saturated rings. The molecule has 2 amide bonds. The number of sulfonamides is 1. The summed E-state index contributed by atoms with van der Waals surface area (Å²) in [6.45, 7) is 3.86. The van der Waals surface area contributed by atoms with Crippen molar-refractivity contribution >= 4 is 21.8 Å². The number of rotatable bonds is 10. The Balaban J connectivity index is 1.73. The minimum Gasteiger partial charge on any atom is -0.493 e. The fourth-order valence-corrected chi connectivity index (χ4v) is 4.38. The normalized spacial score (nSPS) is 16.8. The fraction of sp³-hybridized carbons (Fsp3) is 0.600. The molecule has 0 aliphatic carbocycles. The molecule has 1 aliphatic heterocycles. The largest absolute Gasteiger partial charge is 0.493 e. The van der Waals surface area contributed by atoms with Crippen LogP contribution < -0.4 is 19.5 Å². The standard InChI is InChI=1S/C20H31N3O6S/c1-15-5-4-12-23(14-15)20(25)9-10-21-19(24)8-11-22-30(26,27)16-6-7-17(28-2)18(13-16)29-3/h6-7,13,15,22H,4-5,8-12,14H2,1-3H3,(H,21,24). The van der Waals surface area contributed by atoms with Gasteiger partial charge in [0.15, 0.2) is 11.5 Å². The summed E-state index contributed by atoms with van der Waals surface area (Å²) in [6, 6.07) is 4.26. The Labute approximate surface area is 178 Å². The topological polar surface area (TPSA) is 114 Å². The van der Waals surface area contributed by atoms with Crippen LogP contribution in [0, 0.1) is 5.92 Å². The van der Waals surface area contributed by atoms with E-state index >= 15 is 0 Å². The molecule has 30 heavy (non-hydrogen) atoms. The first-order valence-corrected chi connectivity index (χ1v) is 11.5. The lowest BCUT2D eigenvalue weighted by Gasteiger charge is -2.31. The number of benzene rings is 1. The van der Waals surface area contributed by atoms with E-state index in [1.54, 1.807) is 0 Å². The number of methoxy groups -OCH3 is 2. The number of nitrogens with one attached hydrogen (secondary N) is 2. The van der Waals surface area contributed by atoms with Gasteiger partial charge in [-0.3, -0.25) is 9.59 Å². The first-order valence-electron chi connectivity index (χ1n) is 10.0. The maximum absolute atomic E-state index is 12.4. The van der Waals surface area contributed by atoms with Crippen molar-refractivity contribution in [1.29, 1.82) is 0 Å². The van der Waals surface area contributed by atoms with Crippen LogP contribution in [0.2, 0.25) is 0 Å². The number of hydrogen-bond acceptors (Lipinski definition) is 6. The van der Waals surface area contributed by atoms with Crippen LogP contribution in [0.25, 0.3) is 0 Å². The maximum Gasteiger partial charge on any atom is 0.240 e. The van der Waals surface area contributed by atoms with Crippen LogP contribution in [0.1, 0.15) is 32.6 Å². The van der Waals surface area contributed by atoms with E-state index < -0.39 is 10.0 Å². The van der Waals surface area contributed by atoms with Crippen molar-refractivity contribution in [3.63, 3.8) is 0 Å². The van der Waals surface area contributed by atoms with Gasteiger partial charge in [0.05, 0.1) is 19.1 Å². The SMILES string of the molecule is COc1ccc(S(=O)(=O)NCCC(=O)NCCC(=O)N2CCCC(C)C2)cc1OC. The minimum absolute atomic E-state index is 0.0157. The highest BCUT2D eigenvalue weighted by atomic mass is 32.2. The highest BCUT2D eigenvalue weighted by molar-refractivity contribution is 7.89. The van der Waals surface area contributed by atoms with Gasteiger partial charge in [-0.1, -0.05) is 6.92 Å². The number of piperidine rings is 1. The van der Waals surface area contributed by atoms with Crippen LogP contribution in [0.3, 0.4) is 0 Å². The Morgan fingerprint density at radius 1 is 1.13 bits per heavy atom. The summed E-state index contributed by atoms with van der Waals surface area (Å²) >= 11 is 0. The van der Waals surface area contributed by atoms with Crippen molar-refractivity contribution in [2.45, 2.75) is 37.5 Å². The lowest BCUT2D eigenvalue weighted by Crippen LogP contribution is -2.40. The van der Waals surface area contributed by atoms with Gasteiger partial charge in [0, 0.05) is 45.1 Å². The van der Waals surface area contributed by atoms with Gasteiger partial charge >= 0.3 is 0 Å². The predicted octanol–water partition coefficient (Wildman–Crippen LogP) is 1.14. The third kappa shape index (κ3) is 6.88. The molecule has 2 N–H and O–H groups in total. The summed E-state index contributed by atoms with van der Waals surface area (Å²) in [6.07, 6.45) is 2.37. The van der Waals surface area contributed by atoms with Crippen molar-refractivity contribution < 1.29 is 27.5 Å². The molecule has 1 aromatic rings. The zero-order valence-electron chi connectivity index (χ0n) is 17.8. The predicted molar refractivity (Wildman–Crippen MR) is 112 cm³/mol. The molecule has 1 heterocycles. The van der Waals surface area contributed by atoms with E-state index in [1.807, 2.05) is 4.90 Å². The van der Waals surface area contributed by atoms with Gasteiger partial charge in [-0.05, 0) is 30.9 Å². The molecule has 0 spiro atoms. The second-order valence-corrected chi connectivity index (χ2v) is 9.12. The Morgan fingerprint density at radius 2 is 1.87 bits per heavy atom. The number of likely N-dealkylation sites (tertiary alicyclic amines) is 1. The highest BCUT2D eigenvalue weighted by Gasteiger charge is 2.21. The molecule has 1 saturated heterocycles. The summed E-state index contributed by atoms with van der Waals surface area (Å²) in [5, 5.41) is 2.67. The van der Waals surface area contributed by atoms with E-state index in [1.165, 1.54) is 32.4 Å². The van der Waals surface area contributed by atoms with Crippen LogP contribution in [0.15, 0.2) is 23.1 Å². The maximum atomic E-state index is 12.4. The molecule has 0 saturated carbocycles. The average Bonchev–Trinajstić information content (AvgIpc) is 2.72. The van der Waals surface area contributed by atoms with Crippen LogP contribution in [-0.2, 0) is 19.6 Å². The lowest BCUT2D eigenvalue weighted by molar-refractivity contribution is -0.132. The van der Waals surface area contributed by atoms with Crippen LogP contribution in [-0.4, -0.2) is 65.5 Å². The van der Waals surface area contributed by atoms with Gasteiger partial charge in [-0.15, -0.1) is 0 Å². The quantitative estimate of drug-likeness (QED) is 0.563. The third-order valence-corrected chi connectivity index (χ3v) is 6.44. The first kappa shape index (κ1) is 23.9. The molecule has 1 aliphatic rings. The van der Waals surface area contributed by atoms with Crippen molar-refractivity contribution in [2.75, 3.05) is 40.4 Å². The number of ether oxygens (including phenoxy) is 2. The van der Waals surface area contributed by atoms with E-state index in [0.29, 0.717) is 17.4 Å². The van der Waals surface area contributed by atoms with Gasteiger partial charge in [0.2, 0.25) is 21.8 Å². The molecule has 10 heteroatoms. The molecule has 1 atom stereocenters. The Bertz CT molecular complexity index is 843. The van der Waals surface area contributed by atoms with E-state index in [2.05, 4.69) is 17.0 Å². The van der Waals surface area contributed by atoms with Crippen LogP contribution in [0.4, 0.5) is 0 Å². The van der Waals surface area contributed by atoms with Gasteiger partial charge < -0.3 is 19.7 Å². The Kier molecular flexibility index (Phi) is 8.91. The molecular formula is C20H31N3O6S. The van der Waals surface area contributed by atoms with Gasteiger partial charge in [0.25, 0.3) is 0 Å². The Hall–Kier alpha value is -2.33. The second kappa shape index (κ2) is 11.2. The van der Waals surface area contributed by atoms with E-state index in [0.717, 1.165) is 25.9 Å². The number of nitrogens with zero attached hydrogens (tertiary/aromatic N) is 1. The van der Waals surface area contributed by atoms with Crippen molar-refractivity contribution in [1.82, 2.24) is 14.9 Å². The van der Waals surface area contributed by atoms with E-state index in [-0.39, 0.29) is 42.6 Å². The van der Waals surface area contributed by atoms with Crippen LogP contribution in [0.5, 0.6) is 11.5 Å². The molecule has 1 unspecified atom stereocenters. The summed E-state index contributed by atoms with van der Waals surface area (Å²) in [4.78, 5) is 26.0. The summed E-state index contributed by atoms with van der Waals surface area (Å²) < 4.78 is 37.4. The average molecular weight is 442 g/mol. The molecule has 2 rings (SSSR count). The monoisotopic (exact) mass is 441 g/mol. The van der Waals surface area contributed by atoms with E-state index in [9.17, 15) is 18.0 Å². The van der Waals surface area contributed by atoms with Gasteiger partial charge in [-0.2, -0.15) is 0 Å². The van der Waals surface area contributed by atoms with Crippen molar-refractivity contribution in [3.05, 3.63) is 18.2 Å². The molecule has 0 radical (unpaired) electrons. The summed E-state index contributed by atoms with van der Waals surface area (Å²) in [5.41, 5.74) is 0. The Morgan fingerprint density at radius 3 is 2.53 bits per heavy atom. The number of carbonyl (C=O) groups excluding carboxylic acids is 2. The summed E-state index contributed by atoms with van der Waals surface area (Å²) in [5.74, 6) is 0.951. The van der Waals surface area contributed by atoms with Crippen molar-refractivity contribution in [3.8, 4) is 11.5 Å². The molecule has 168 valence electrons. The zero-order valence-corrected chi connectivity index (χ0v) is 18.6. The second-order valence-electron chi connectivity index (χ2n) is 7.35. The molecule has 1 aromatic carbocycles. The number of carbonyl (C=O) groups is 2. The van der Waals surface area contributed by atoms with Crippen molar-refractivity contribution in [2.24, 2.45) is 5.92 Å². The van der Waals surface area contributed by atoms with Crippen LogP contribution >= 0.6 is 0 Å². The highest BCUT2D eigenvalue weighted by Crippen LogP contribution is 2.29. The molecular weight excluding hydrogens is 410 g/mol. The molecule has 0 aromatic heterocycles. The first-order chi connectivity index (χ1) is 14.3. The zero-order chi connectivity index (χ0) is 22.1. The molecule has 0 bridgehead atoms. The lowest BCUT2D eigenvalue weighted by atomic mass is 10.00. The van der Waals surface area contributed by atoms with Gasteiger partial charge in [0.1, 0.15) is 0 Å². The van der Waals surface area contributed by atoms with Gasteiger partial charge in [-0.25, -0.2) is 13.1 Å². The van der Waals surface area contributed by atoms with E-state index in [4.69, 9.17) is 9.47 Å². The third-order valence-electron chi connectivity index (χ3n) is 4.98.